The van der Waals surface area contributed by atoms with Crippen LogP contribution in [0.4, 0.5) is 0 Å². The molecule has 0 fully saturated rings. The summed E-state index contributed by atoms with van der Waals surface area (Å²) in [6, 6.07) is 5.24. The van der Waals surface area contributed by atoms with Crippen molar-refractivity contribution in [1.82, 2.24) is 0 Å². The fourth-order valence-corrected chi connectivity index (χ4v) is 2.53. The fourth-order valence-electron chi connectivity index (χ4n) is 2.53. The number of hydrogen-bond acceptors (Lipinski definition) is 5. The highest BCUT2D eigenvalue weighted by Gasteiger charge is 2.37. The van der Waals surface area contributed by atoms with E-state index in [9.17, 15) is 14.6 Å². The van der Waals surface area contributed by atoms with Crippen LogP contribution < -0.4 is 4.65 Å². The van der Waals surface area contributed by atoms with Gasteiger partial charge in [-0.1, -0.05) is 26.0 Å². The summed E-state index contributed by atoms with van der Waals surface area (Å²) in [5.41, 5.74) is 1.15. The van der Waals surface area contributed by atoms with Crippen molar-refractivity contribution in [2.45, 2.75) is 45.3 Å². The van der Waals surface area contributed by atoms with Crippen molar-refractivity contribution in [3.05, 3.63) is 29.3 Å². The zero-order chi connectivity index (χ0) is 16.1. The lowest BCUT2D eigenvalue weighted by molar-refractivity contribution is -0.118. The van der Waals surface area contributed by atoms with Crippen LogP contribution in [-0.4, -0.2) is 30.5 Å². The average molecular weight is 304 g/mol. The molecule has 0 bridgehead atoms. The van der Waals surface area contributed by atoms with Crippen molar-refractivity contribution in [2.24, 2.45) is 0 Å². The molecule has 0 aromatic heterocycles. The number of esters is 1. The van der Waals surface area contributed by atoms with E-state index in [0.29, 0.717) is 30.8 Å². The smallest absolute Gasteiger partial charge is 0.526 e. The molecule has 1 aliphatic heterocycles. The van der Waals surface area contributed by atoms with Gasteiger partial charge in [0.1, 0.15) is 17.1 Å². The molecule has 5 nitrogen and oxygen atoms in total. The van der Waals surface area contributed by atoms with Crippen LogP contribution in [0.5, 0.6) is 5.75 Å². The first kappa shape index (κ1) is 16.6. The first-order valence-electron chi connectivity index (χ1n) is 7.72. The van der Waals surface area contributed by atoms with E-state index in [1.165, 1.54) is 0 Å². The van der Waals surface area contributed by atoms with Crippen LogP contribution in [0.2, 0.25) is 5.82 Å². The van der Waals surface area contributed by atoms with Gasteiger partial charge in [0, 0.05) is 18.7 Å². The number of hydrogen-bond donors (Lipinski definition) is 1. The predicted octanol–water partition coefficient (Wildman–Crippen LogP) is 2.41. The number of para-hydroxylation sites is 1. The highest BCUT2D eigenvalue weighted by atomic mass is 16.5. The Labute approximate surface area is 130 Å². The van der Waals surface area contributed by atoms with E-state index in [1.54, 1.807) is 19.1 Å². The Bertz CT molecular complexity index is 557. The summed E-state index contributed by atoms with van der Waals surface area (Å²) >= 11 is 0. The van der Waals surface area contributed by atoms with E-state index in [4.69, 9.17) is 9.39 Å². The van der Waals surface area contributed by atoms with E-state index in [-0.39, 0.29) is 18.0 Å². The summed E-state index contributed by atoms with van der Waals surface area (Å²) < 4.78 is 10.7. The Balaban J connectivity index is 2.20. The number of rotatable bonds is 6. The number of carbonyl (C=O) groups is 2. The standard InChI is InChI=1S/C16H21BO5/c1-3-8-21-16(19)14-7-5-6-11-9-12(10-13(18)4-2)17(20)22-15(11)14/h5-7,12,20H,3-4,8-10H2,1-2H3/t12-/m1/s1. The highest BCUT2D eigenvalue weighted by molar-refractivity contribution is 6.47. The van der Waals surface area contributed by atoms with Crippen molar-refractivity contribution in [2.75, 3.05) is 6.61 Å². The maximum Gasteiger partial charge on any atom is 0.526 e. The molecule has 1 aliphatic rings. The minimum absolute atomic E-state index is 0.0922. The molecule has 0 unspecified atom stereocenters. The van der Waals surface area contributed by atoms with E-state index < -0.39 is 13.1 Å². The summed E-state index contributed by atoms with van der Waals surface area (Å²) in [7, 11) is -1.08. The summed E-state index contributed by atoms with van der Waals surface area (Å²) in [6.45, 7) is 4.07. The molecule has 0 radical (unpaired) electrons. The molecule has 0 saturated heterocycles. The molecular formula is C16H21BO5. The number of benzene rings is 1. The number of fused-ring (bicyclic) bond motifs is 1. The Morgan fingerprint density at radius 3 is 2.86 bits per heavy atom. The van der Waals surface area contributed by atoms with Crippen molar-refractivity contribution < 1.29 is 24.0 Å². The van der Waals surface area contributed by atoms with Crippen LogP contribution in [0, 0.1) is 0 Å². The summed E-state index contributed by atoms with van der Waals surface area (Å²) in [5.74, 6) is -0.262. The Hall–Kier alpha value is -1.82. The number of carbonyl (C=O) groups excluding carboxylic acids is 2. The molecule has 1 aromatic carbocycles. The Kier molecular flexibility index (Phi) is 5.60. The van der Waals surface area contributed by atoms with Crippen LogP contribution in [0.1, 0.15) is 49.0 Å². The molecule has 0 saturated carbocycles. The molecule has 1 aromatic rings. The maximum atomic E-state index is 12.0. The fraction of sp³-hybridized carbons (Fsp3) is 0.500. The van der Waals surface area contributed by atoms with Crippen LogP contribution in [0.3, 0.4) is 0 Å². The first-order valence-corrected chi connectivity index (χ1v) is 7.72. The molecule has 0 spiro atoms. The van der Waals surface area contributed by atoms with Gasteiger partial charge in [-0.25, -0.2) is 4.79 Å². The molecule has 0 aliphatic carbocycles. The molecule has 118 valence electrons. The molecular weight excluding hydrogens is 283 g/mol. The molecule has 0 amide bonds. The van der Waals surface area contributed by atoms with Crippen molar-refractivity contribution >= 4 is 18.9 Å². The van der Waals surface area contributed by atoms with Crippen LogP contribution in [0.25, 0.3) is 0 Å². The van der Waals surface area contributed by atoms with Gasteiger partial charge in [0.05, 0.1) is 6.61 Å². The quantitative estimate of drug-likeness (QED) is 0.645. The second-order valence-electron chi connectivity index (χ2n) is 5.50. The lowest BCUT2D eigenvalue weighted by Gasteiger charge is -2.28. The Morgan fingerprint density at radius 1 is 1.41 bits per heavy atom. The van der Waals surface area contributed by atoms with Crippen LogP contribution in [0.15, 0.2) is 18.2 Å². The number of Topliss-reactive ketones (excluding diaryl/α,β-unsaturated/α-hetero) is 1. The van der Waals surface area contributed by atoms with Gasteiger partial charge >= 0.3 is 13.1 Å². The van der Waals surface area contributed by atoms with Crippen molar-refractivity contribution in [3.63, 3.8) is 0 Å². The lowest BCUT2D eigenvalue weighted by atomic mass is 9.64. The monoisotopic (exact) mass is 304 g/mol. The van der Waals surface area contributed by atoms with E-state index in [0.717, 1.165) is 12.0 Å². The SMILES string of the molecule is CCCOC(=O)c1cccc2c1OB(O)[C@@H](CC(=O)CC)C2. The van der Waals surface area contributed by atoms with Crippen LogP contribution in [-0.2, 0) is 16.0 Å². The van der Waals surface area contributed by atoms with Gasteiger partial charge < -0.3 is 14.4 Å². The molecule has 1 N–H and O–H groups in total. The van der Waals surface area contributed by atoms with Gasteiger partial charge in [0.15, 0.2) is 0 Å². The minimum Gasteiger partial charge on any atom is -0.535 e. The van der Waals surface area contributed by atoms with E-state index >= 15 is 0 Å². The summed E-state index contributed by atoms with van der Waals surface area (Å²) in [6.07, 6.45) is 1.98. The number of ketones is 1. The summed E-state index contributed by atoms with van der Waals surface area (Å²) in [4.78, 5) is 23.6. The van der Waals surface area contributed by atoms with Gasteiger partial charge in [0.2, 0.25) is 0 Å². The predicted molar refractivity (Wildman–Crippen MR) is 83.0 cm³/mol. The maximum absolute atomic E-state index is 12.0. The van der Waals surface area contributed by atoms with Crippen LogP contribution >= 0.6 is 0 Å². The second kappa shape index (κ2) is 7.45. The Morgan fingerprint density at radius 2 is 2.18 bits per heavy atom. The van der Waals surface area contributed by atoms with Crippen molar-refractivity contribution in [1.29, 1.82) is 0 Å². The van der Waals surface area contributed by atoms with Gasteiger partial charge in [0.25, 0.3) is 0 Å². The molecule has 1 heterocycles. The molecule has 1 atom stereocenters. The third kappa shape index (κ3) is 3.68. The third-order valence-corrected chi connectivity index (χ3v) is 3.76. The van der Waals surface area contributed by atoms with Gasteiger partial charge in [-0.2, -0.15) is 0 Å². The largest absolute Gasteiger partial charge is 0.535 e. The van der Waals surface area contributed by atoms with Crippen molar-refractivity contribution in [3.8, 4) is 5.75 Å². The molecule has 22 heavy (non-hydrogen) atoms. The normalized spacial score (nSPS) is 16.7. The zero-order valence-corrected chi connectivity index (χ0v) is 13.0. The first-order chi connectivity index (χ1) is 10.6. The third-order valence-electron chi connectivity index (χ3n) is 3.76. The second-order valence-corrected chi connectivity index (χ2v) is 5.50. The average Bonchev–Trinajstić information content (AvgIpc) is 2.52. The number of ether oxygens (including phenoxy) is 1. The highest BCUT2D eigenvalue weighted by Crippen LogP contribution is 2.36. The minimum atomic E-state index is -1.08. The van der Waals surface area contributed by atoms with E-state index in [2.05, 4.69) is 0 Å². The zero-order valence-electron chi connectivity index (χ0n) is 13.0. The topological polar surface area (TPSA) is 72.8 Å². The molecule has 6 heteroatoms. The van der Waals surface area contributed by atoms with E-state index in [1.807, 2.05) is 13.0 Å². The molecule has 2 rings (SSSR count). The van der Waals surface area contributed by atoms with Gasteiger partial charge in [-0.3, -0.25) is 4.79 Å². The lowest BCUT2D eigenvalue weighted by Crippen LogP contribution is -2.35. The summed E-state index contributed by atoms with van der Waals surface area (Å²) in [5, 5.41) is 10.1. The van der Waals surface area contributed by atoms with Gasteiger partial charge in [-0.05, 0) is 24.5 Å². The van der Waals surface area contributed by atoms with Gasteiger partial charge in [-0.15, -0.1) is 0 Å².